The topological polar surface area (TPSA) is 36.9 Å². The highest BCUT2D eigenvalue weighted by Gasteiger charge is 2.08. The maximum Gasteiger partial charge on any atom is 0.229 e. The van der Waals surface area contributed by atoms with Crippen molar-refractivity contribution in [1.82, 2.24) is 14.8 Å². The van der Waals surface area contributed by atoms with Crippen molar-refractivity contribution in [3.63, 3.8) is 0 Å². The van der Waals surface area contributed by atoms with E-state index in [1.54, 1.807) is 0 Å². The van der Waals surface area contributed by atoms with Gasteiger partial charge in [0.1, 0.15) is 0 Å². The van der Waals surface area contributed by atoms with Crippen molar-refractivity contribution in [3.8, 4) is 5.69 Å². The summed E-state index contributed by atoms with van der Waals surface area (Å²) in [5.74, 6) is 0.797. The van der Waals surface area contributed by atoms with Crippen LogP contribution in [0.3, 0.4) is 0 Å². The molecule has 1 aromatic heterocycles. The Morgan fingerprint density at radius 1 is 1.27 bits per heavy atom. The van der Waals surface area contributed by atoms with E-state index < -0.39 is 0 Å². The normalized spacial score (nSPS) is 10.3. The number of rotatable bonds is 2. The fraction of sp³-hybridized carbons (Fsp3) is 0.200. The first-order valence-corrected chi connectivity index (χ1v) is 5.01. The van der Waals surface area contributed by atoms with Gasteiger partial charge in [0.05, 0.1) is 5.69 Å². The molecule has 0 bridgehead atoms. The molecule has 0 aliphatic carbocycles. The third-order valence-electron chi connectivity index (χ3n) is 2.07. The van der Waals surface area contributed by atoms with E-state index in [-0.39, 0.29) is 0 Å². The van der Waals surface area contributed by atoms with Crippen LogP contribution in [0.1, 0.15) is 0 Å². The van der Waals surface area contributed by atoms with Crippen LogP contribution in [0.4, 0.5) is 5.95 Å². The Morgan fingerprint density at radius 3 is 2.53 bits per heavy atom. The Labute approximate surface area is 93.2 Å². The second-order valence-electron chi connectivity index (χ2n) is 3.39. The van der Waals surface area contributed by atoms with E-state index in [2.05, 4.69) is 10.2 Å². The molecular weight excluding hydrogens is 208 g/mol. The molecule has 1 N–H and O–H groups in total. The van der Waals surface area contributed by atoms with E-state index in [1.165, 1.54) is 0 Å². The van der Waals surface area contributed by atoms with Gasteiger partial charge in [0.25, 0.3) is 0 Å². The van der Waals surface area contributed by atoms with Crippen molar-refractivity contribution in [2.24, 2.45) is 0 Å². The molecule has 2 rings (SSSR count). The van der Waals surface area contributed by atoms with Crippen LogP contribution in [0.15, 0.2) is 30.3 Å². The lowest BCUT2D eigenvalue weighted by atomic mass is 10.3. The molecule has 2 aromatic rings. The molecule has 1 aromatic carbocycles. The summed E-state index contributed by atoms with van der Waals surface area (Å²) in [6, 6.07) is 9.92. The smallest absolute Gasteiger partial charge is 0.229 e. The molecule has 0 fully saturated rings. The maximum atomic E-state index is 5.19. The molecule has 5 heteroatoms. The van der Waals surface area contributed by atoms with Gasteiger partial charge < -0.3 is 4.90 Å². The highest BCUT2D eigenvalue weighted by atomic mass is 32.1. The number of hydrogen-bond acceptors (Lipinski definition) is 3. The molecule has 0 amide bonds. The SMILES string of the molecule is CN(C)c1n[nH]c(=S)n1-c1ccccc1. The summed E-state index contributed by atoms with van der Waals surface area (Å²) in [5.41, 5.74) is 1.01. The molecule has 0 radical (unpaired) electrons. The van der Waals surface area contributed by atoms with Crippen molar-refractivity contribution in [1.29, 1.82) is 0 Å². The van der Waals surface area contributed by atoms with Gasteiger partial charge in [0.2, 0.25) is 10.7 Å². The van der Waals surface area contributed by atoms with Crippen LogP contribution in [-0.4, -0.2) is 28.9 Å². The van der Waals surface area contributed by atoms with Crippen LogP contribution in [0.2, 0.25) is 0 Å². The Bertz CT molecular complexity index is 498. The first-order valence-electron chi connectivity index (χ1n) is 4.60. The minimum absolute atomic E-state index is 0.602. The number of aromatic nitrogens is 3. The lowest BCUT2D eigenvalue weighted by molar-refractivity contribution is 0.946. The predicted molar refractivity (Wildman–Crippen MR) is 63.1 cm³/mol. The Morgan fingerprint density at radius 2 is 1.93 bits per heavy atom. The average Bonchev–Trinajstić information content (AvgIpc) is 2.61. The number of benzene rings is 1. The van der Waals surface area contributed by atoms with Crippen LogP contribution in [0.5, 0.6) is 0 Å². The van der Waals surface area contributed by atoms with Gasteiger partial charge >= 0.3 is 0 Å². The zero-order valence-electron chi connectivity index (χ0n) is 8.64. The van der Waals surface area contributed by atoms with Gasteiger partial charge in [-0.3, -0.25) is 4.57 Å². The Hall–Kier alpha value is -1.62. The zero-order valence-corrected chi connectivity index (χ0v) is 9.45. The molecule has 4 nitrogen and oxygen atoms in total. The van der Waals surface area contributed by atoms with E-state index in [4.69, 9.17) is 12.2 Å². The molecule has 0 atom stereocenters. The molecular formula is C10H12N4S. The third kappa shape index (κ3) is 1.78. The monoisotopic (exact) mass is 220 g/mol. The van der Waals surface area contributed by atoms with Crippen molar-refractivity contribution in [2.45, 2.75) is 0 Å². The minimum atomic E-state index is 0.602. The minimum Gasteiger partial charge on any atom is -0.347 e. The van der Waals surface area contributed by atoms with E-state index in [0.717, 1.165) is 11.6 Å². The fourth-order valence-corrected chi connectivity index (χ4v) is 1.63. The van der Waals surface area contributed by atoms with Gasteiger partial charge in [-0.25, -0.2) is 5.10 Å². The molecule has 0 saturated carbocycles. The second-order valence-corrected chi connectivity index (χ2v) is 3.78. The van der Waals surface area contributed by atoms with Crippen LogP contribution >= 0.6 is 12.2 Å². The summed E-state index contributed by atoms with van der Waals surface area (Å²) in [6.07, 6.45) is 0. The van der Waals surface area contributed by atoms with Gasteiger partial charge in [-0.05, 0) is 24.4 Å². The van der Waals surface area contributed by atoms with Crippen LogP contribution in [-0.2, 0) is 0 Å². The molecule has 1 heterocycles. The van der Waals surface area contributed by atoms with Crippen LogP contribution < -0.4 is 4.90 Å². The van der Waals surface area contributed by atoms with Crippen molar-refractivity contribution >= 4 is 18.2 Å². The zero-order chi connectivity index (χ0) is 10.8. The highest BCUT2D eigenvalue weighted by Crippen LogP contribution is 2.15. The quantitative estimate of drug-likeness (QED) is 0.786. The summed E-state index contributed by atoms with van der Waals surface area (Å²) in [5, 5.41) is 6.95. The summed E-state index contributed by atoms with van der Waals surface area (Å²) in [4.78, 5) is 1.92. The number of hydrogen-bond donors (Lipinski definition) is 1. The number of nitrogens with one attached hydrogen (secondary N) is 1. The van der Waals surface area contributed by atoms with Gasteiger partial charge in [0.15, 0.2) is 0 Å². The number of H-pyrrole nitrogens is 1. The largest absolute Gasteiger partial charge is 0.347 e. The van der Waals surface area contributed by atoms with Crippen molar-refractivity contribution in [3.05, 3.63) is 35.1 Å². The predicted octanol–water partition coefficient (Wildman–Crippen LogP) is 2.00. The Balaban J connectivity index is 2.62. The lowest BCUT2D eigenvalue weighted by Crippen LogP contribution is -2.14. The first-order chi connectivity index (χ1) is 7.20. The number of para-hydroxylation sites is 1. The summed E-state index contributed by atoms with van der Waals surface area (Å²) in [7, 11) is 3.87. The first kappa shape index (κ1) is 9.92. The van der Waals surface area contributed by atoms with Gasteiger partial charge in [-0.2, -0.15) is 0 Å². The van der Waals surface area contributed by atoms with Gasteiger partial charge in [0, 0.05) is 14.1 Å². The molecule has 78 valence electrons. The van der Waals surface area contributed by atoms with Gasteiger partial charge in [-0.1, -0.05) is 18.2 Å². The average molecular weight is 220 g/mol. The third-order valence-corrected chi connectivity index (χ3v) is 2.34. The van der Waals surface area contributed by atoms with E-state index in [0.29, 0.717) is 4.77 Å². The number of anilines is 1. The van der Waals surface area contributed by atoms with Crippen molar-refractivity contribution < 1.29 is 0 Å². The molecule has 0 aliphatic heterocycles. The summed E-state index contributed by atoms with van der Waals surface area (Å²) >= 11 is 5.19. The van der Waals surface area contributed by atoms with Crippen molar-refractivity contribution in [2.75, 3.05) is 19.0 Å². The maximum absolute atomic E-state index is 5.19. The van der Waals surface area contributed by atoms with Crippen LogP contribution in [0.25, 0.3) is 5.69 Å². The number of aromatic amines is 1. The van der Waals surface area contributed by atoms with E-state index >= 15 is 0 Å². The van der Waals surface area contributed by atoms with E-state index in [9.17, 15) is 0 Å². The molecule has 0 saturated heterocycles. The Kier molecular flexibility index (Phi) is 2.55. The second kappa shape index (κ2) is 3.86. The standard InChI is InChI=1S/C10H12N4S/c1-13(2)9-11-12-10(15)14(9)8-6-4-3-5-7-8/h3-7H,1-2H3,(H,12,15). The van der Waals surface area contributed by atoms with Gasteiger partial charge in [-0.15, -0.1) is 5.10 Å². The molecule has 0 aliphatic rings. The fourth-order valence-electron chi connectivity index (χ4n) is 1.40. The van der Waals surface area contributed by atoms with Crippen LogP contribution in [0, 0.1) is 4.77 Å². The molecule has 0 unspecified atom stereocenters. The highest BCUT2D eigenvalue weighted by molar-refractivity contribution is 7.71. The number of nitrogens with zero attached hydrogens (tertiary/aromatic N) is 3. The lowest BCUT2D eigenvalue weighted by Gasteiger charge is -2.12. The summed E-state index contributed by atoms with van der Waals surface area (Å²) < 4.78 is 2.50. The van der Waals surface area contributed by atoms with E-state index in [1.807, 2.05) is 53.9 Å². The summed E-state index contributed by atoms with van der Waals surface area (Å²) in [6.45, 7) is 0. The molecule has 15 heavy (non-hydrogen) atoms. The molecule has 0 spiro atoms.